The summed E-state index contributed by atoms with van der Waals surface area (Å²) >= 11 is 0. The van der Waals surface area contributed by atoms with Crippen LogP contribution in [0, 0.1) is 6.92 Å². The van der Waals surface area contributed by atoms with Crippen LogP contribution in [-0.4, -0.2) is 28.2 Å². The molecule has 1 aliphatic carbocycles. The van der Waals surface area contributed by atoms with Crippen molar-refractivity contribution < 1.29 is 9.53 Å². The minimum Gasteiger partial charge on any atom is -0.497 e. The van der Waals surface area contributed by atoms with Crippen molar-refractivity contribution in [1.29, 1.82) is 0 Å². The van der Waals surface area contributed by atoms with Crippen molar-refractivity contribution in [3.05, 3.63) is 77.6 Å². The minimum atomic E-state index is -0.403. The average molecular weight is 398 g/mol. The highest BCUT2D eigenvalue weighted by Gasteiger charge is 2.47. The second-order valence-electron chi connectivity index (χ2n) is 7.77. The number of amides is 1. The first kappa shape index (κ1) is 18.4. The molecule has 2 N–H and O–H groups in total. The number of H-pyrrole nitrogens is 1. The van der Waals surface area contributed by atoms with Crippen molar-refractivity contribution >= 4 is 16.8 Å². The first-order chi connectivity index (χ1) is 14.6. The Hall–Kier alpha value is -3.67. The fourth-order valence-electron chi connectivity index (χ4n) is 3.99. The number of hydrogen-bond donors (Lipinski definition) is 2. The Kier molecular flexibility index (Phi) is 4.28. The predicted molar refractivity (Wildman–Crippen MR) is 115 cm³/mol. The quantitative estimate of drug-likeness (QED) is 0.523. The molecule has 5 rings (SSSR count). The third-order valence-electron chi connectivity index (χ3n) is 5.83. The van der Waals surface area contributed by atoms with Gasteiger partial charge < -0.3 is 10.1 Å². The molecule has 150 valence electrons. The van der Waals surface area contributed by atoms with Crippen LogP contribution in [0.2, 0.25) is 0 Å². The summed E-state index contributed by atoms with van der Waals surface area (Å²) in [6.45, 7) is 1.94. The van der Waals surface area contributed by atoms with Gasteiger partial charge >= 0.3 is 0 Å². The summed E-state index contributed by atoms with van der Waals surface area (Å²) in [6, 6.07) is 15.7. The Balaban J connectivity index is 1.57. The number of nitrogens with one attached hydrogen (secondary N) is 2. The number of nitrogens with zero attached hydrogens (tertiary/aromatic N) is 2. The molecule has 0 unspecified atom stereocenters. The summed E-state index contributed by atoms with van der Waals surface area (Å²) in [4.78, 5) is 17.8. The number of hydrogen-bond acceptors (Lipinski definition) is 4. The normalized spacial score (nSPS) is 14.5. The highest BCUT2D eigenvalue weighted by Crippen LogP contribution is 2.49. The Morgan fingerprint density at radius 2 is 2.03 bits per heavy atom. The molecule has 6 nitrogen and oxygen atoms in total. The van der Waals surface area contributed by atoms with Gasteiger partial charge in [0.1, 0.15) is 5.75 Å². The lowest BCUT2D eigenvalue weighted by Gasteiger charge is -2.21. The third-order valence-corrected chi connectivity index (χ3v) is 5.83. The zero-order valence-electron chi connectivity index (χ0n) is 16.9. The van der Waals surface area contributed by atoms with Crippen LogP contribution in [0.15, 0.2) is 60.9 Å². The highest BCUT2D eigenvalue weighted by molar-refractivity contribution is 5.98. The van der Waals surface area contributed by atoms with Crippen LogP contribution < -0.4 is 10.1 Å². The Morgan fingerprint density at radius 3 is 2.77 bits per heavy atom. The van der Waals surface area contributed by atoms with Crippen molar-refractivity contribution in [3.63, 3.8) is 0 Å². The van der Waals surface area contributed by atoms with Crippen LogP contribution >= 0.6 is 0 Å². The molecule has 2 aromatic heterocycles. The van der Waals surface area contributed by atoms with Crippen LogP contribution in [0.1, 0.15) is 34.3 Å². The van der Waals surface area contributed by atoms with Gasteiger partial charge in [0, 0.05) is 28.9 Å². The number of pyridine rings is 1. The van der Waals surface area contributed by atoms with Crippen molar-refractivity contribution in [2.75, 3.05) is 7.11 Å². The lowest BCUT2D eigenvalue weighted by molar-refractivity contribution is 0.0930. The van der Waals surface area contributed by atoms with Gasteiger partial charge in [-0.25, -0.2) is 0 Å². The summed E-state index contributed by atoms with van der Waals surface area (Å²) in [5.41, 5.74) is 4.96. The van der Waals surface area contributed by atoms with Gasteiger partial charge in [-0.05, 0) is 67.3 Å². The van der Waals surface area contributed by atoms with Crippen LogP contribution in [0.25, 0.3) is 22.2 Å². The first-order valence-corrected chi connectivity index (χ1v) is 9.96. The van der Waals surface area contributed by atoms with Crippen LogP contribution in [-0.2, 0) is 5.54 Å². The van der Waals surface area contributed by atoms with E-state index in [1.165, 1.54) is 0 Å². The maximum Gasteiger partial charge on any atom is 0.252 e. The van der Waals surface area contributed by atoms with Crippen molar-refractivity contribution in [2.45, 2.75) is 25.3 Å². The lowest BCUT2D eigenvalue weighted by Crippen LogP contribution is -2.35. The van der Waals surface area contributed by atoms with Gasteiger partial charge in [-0.15, -0.1) is 0 Å². The van der Waals surface area contributed by atoms with Crippen molar-refractivity contribution in [3.8, 4) is 17.0 Å². The standard InChI is InChI=1S/C24H22N4O2/c1-15-5-6-17(30-2)14-19(15)23(29)27-24(8-9-24)20-12-16(21-7-11-26-28-21)13-22-18(20)4-3-10-25-22/h3-7,10-14H,8-9H2,1-2H3,(H,26,28)(H,27,29). The number of rotatable bonds is 5. The molecular weight excluding hydrogens is 376 g/mol. The van der Waals surface area contributed by atoms with E-state index in [9.17, 15) is 4.79 Å². The van der Waals surface area contributed by atoms with Crippen molar-refractivity contribution in [1.82, 2.24) is 20.5 Å². The zero-order valence-corrected chi connectivity index (χ0v) is 16.9. The maximum atomic E-state index is 13.2. The van der Waals surface area contributed by atoms with Gasteiger partial charge in [0.2, 0.25) is 0 Å². The molecule has 2 heterocycles. The molecule has 0 radical (unpaired) electrons. The summed E-state index contributed by atoms with van der Waals surface area (Å²) in [5.74, 6) is 0.580. The Morgan fingerprint density at radius 1 is 1.17 bits per heavy atom. The molecular formula is C24H22N4O2. The van der Waals surface area contributed by atoms with E-state index in [2.05, 4.69) is 32.6 Å². The maximum absolute atomic E-state index is 13.2. The first-order valence-electron chi connectivity index (χ1n) is 9.96. The summed E-state index contributed by atoms with van der Waals surface area (Å²) in [6.07, 6.45) is 5.36. The van der Waals surface area contributed by atoms with Crippen LogP contribution in [0.4, 0.5) is 0 Å². The second-order valence-corrected chi connectivity index (χ2v) is 7.77. The molecule has 4 aromatic rings. The Labute approximate surface area is 174 Å². The summed E-state index contributed by atoms with van der Waals surface area (Å²) in [7, 11) is 1.61. The van der Waals surface area contributed by atoms with Gasteiger partial charge in [-0.2, -0.15) is 5.10 Å². The number of aromatic amines is 1. The number of carbonyl (C=O) groups excluding carboxylic acids is 1. The van der Waals surface area contributed by atoms with E-state index < -0.39 is 5.54 Å². The number of methoxy groups -OCH3 is 1. The fourth-order valence-corrected chi connectivity index (χ4v) is 3.99. The predicted octanol–water partition coefficient (Wildman–Crippen LogP) is 4.36. The summed E-state index contributed by atoms with van der Waals surface area (Å²) < 4.78 is 5.31. The zero-order chi connectivity index (χ0) is 20.7. The molecule has 0 spiro atoms. The topological polar surface area (TPSA) is 79.9 Å². The molecule has 0 atom stereocenters. The fraction of sp³-hybridized carbons (Fsp3) is 0.208. The molecule has 1 saturated carbocycles. The highest BCUT2D eigenvalue weighted by atomic mass is 16.5. The molecule has 0 saturated heterocycles. The van der Waals surface area contributed by atoms with E-state index in [1.807, 2.05) is 37.3 Å². The largest absolute Gasteiger partial charge is 0.497 e. The third kappa shape index (κ3) is 3.10. The summed E-state index contributed by atoms with van der Waals surface area (Å²) in [5, 5.41) is 11.5. The van der Waals surface area contributed by atoms with Crippen LogP contribution in [0.5, 0.6) is 5.75 Å². The number of aromatic nitrogens is 3. The average Bonchev–Trinajstić information content (AvgIpc) is 3.33. The second kappa shape index (κ2) is 6.99. The van der Waals surface area contributed by atoms with E-state index in [0.29, 0.717) is 11.3 Å². The molecule has 1 amide bonds. The van der Waals surface area contributed by atoms with Gasteiger partial charge in [-0.3, -0.25) is 14.9 Å². The molecule has 30 heavy (non-hydrogen) atoms. The van der Waals surface area contributed by atoms with E-state index in [4.69, 9.17) is 4.74 Å². The number of ether oxygens (including phenoxy) is 1. The molecule has 0 bridgehead atoms. The van der Waals surface area contributed by atoms with E-state index in [-0.39, 0.29) is 5.91 Å². The number of benzene rings is 2. The molecule has 1 fully saturated rings. The lowest BCUT2D eigenvalue weighted by atomic mass is 9.95. The smallest absolute Gasteiger partial charge is 0.252 e. The number of carbonyl (C=O) groups is 1. The van der Waals surface area contributed by atoms with Crippen molar-refractivity contribution in [2.24, 2.45) is 0 Å². The Bertz CT molecular complexity index is 1240. The molecule has 0 aliphatic heterocycles. The minimum absolute atomic E-state index is 0.0916. The van der Waals surface area contributed by atoms with Gasteiger partial charge in [0.15, 0.2) is 0 Å². The SMILES string of the molecule is COc1ccc(C)c(C(=O)NC2(c3cc(-c4cc[nH]n4)cc4ncccc34)CC2)c1. The van der Waals surface area contributed by atoms with E-state index >= 15 is 0 Å². The van der Waals surface area contributed by atoms with Gasteiger partial charge in [-0.1, -0.05) is 12.1 Å². The monoisotopic (exact) mass is 398 g/mol. The number of fused-ring (bicyclic) bond motifs is 1. The van der Waals surface area contributed by atoms with E-state index in [1.54, 1.807) is 25.6 Å². The van der Waals surface area contributed by atoms with Crippen LogP contribution in [0.3, 0.4) is 0 Å². The van der Waals surface area contributed by atoms with Gasteiger partial charge in [0.25, 0.3) is 5.91 Å². The van der Waals surface area contributed by atoms with E-state index in [0.717, 1.165) is 46.1 Å². The van der Waals surface area contributed by atoms with Gasteiger partial charge in [0.05, 0.1) is 23.9 Å². The molecule has 2 aromatic carbocycles. The molecule has 1 aliphatic rings. The molecule has 6 heteroatoms. The number of aryl methyl sites for hydroxylation is 1.